The van der Waals surface area contributed by atoms with Crippen LogP contribution in [0.3, 0.4) is 0 Å². The number of rotatable bonds is 3. The van der Waals surface area contributed by atoms with Gasteiger partial charge in [-0.1, -0.05) is 11.6 Å². The van der Waals surface area contributed by atoms with Crippen molar-refractivity contribution in [2.45, 2.75) is 13.3 Å². The molecule has 0 bridgehead atoms. The van der Waals surface area contributed by atoms with Crippen LogP contribution >= 0.6 is 22.9 Å². The lowest BCUT2D eigenvalue weighted by molar-refractivity contribution is -0.122. The van der Waals surface area contributed by atoms with E-state index in [1.807, 2.05) is 12.3 Å². The topological polar surface area (TPSA) is 62.3 Å². The number of halogens is 2. The lowest BCUT2D eigenvalue weighted by atomic mass is 10.1. The number of carbonyl (C=O) groups excluding carboxylic acids is 2. The Morgan fingerprint density at radius 2 is 2.30 bits per heavy atom. The Kier molecular flexibility index (Phi) is 4.32. The van der Waals surface area contributed by atoms with Crippen LogP contribution in [-0.2, 0) is 9.59 Å². The molecule has 3 rings (SSSR count). The summed E-state index contributed by atoms with van der Waals surface area (Å²) in [6, 6.07) is 4.07. The van der Waals surface area contributed by atoms with Gasteiger partial charge in [-0.3, -0.25) is 9.59 Å². The predicted octanol–water partition coefficient (Wildman–Crippen LogP) is 3.24. The Morgan fingerprint density at radius 1 is 1.52 bits per heavy atom. The van der Waals surface area contributed by atoms with E-state index in [9.17, 15) is 14.0 Å². The third-order valence-corrected chi connectivity index (χ3v) is 4.73. The van der Waals surface area contributed by atoms with Crippen molar-refractivity contribution >= 4 is 45.6 Å². The number of nitrogens with one attached hydrogen (secondary N) is 1. The Hall–Kier alpha value is -1.99. The summed E-state index contributed by atoms with van der Waals surface area (Å²) in [4.78, 5) is 30.0. The largest absolute Gasteiger partial charge is 0.312 e. The number of aromatic nitrogens is 1. The molecular weight excluding hydrogens is 341 g/mol. The fraction of sp³-hybridized carbons (Fsp3) is 0.267. The van der Waals surface area contributed by atoms with Crippen molar-refractivity contribution in [2.75, 3.05) is 16.8 Å². The molecule has 1 fully saturated rings. The summed E-state index contributed by atoms with van der Waals surface area (Å²) < 4.78 is 13.2. The summed E-state index contributed by atoms with van der Waals surface area (Å²) in [5.41, 5.74) is 1.32. The van der Waals surface area contributed by atoms with Crippen LogP contribution in [0.4, 0.5) is 15.2 Å². The van der Waals surface area contributed by atoms with Gasteiger partial charge in [-0.25, -0.2) is 9.37 Å². The first kappa shape index (κ1) is 15.9. The SMILES string of the molecule is Cc1csc(NC(=O)[C@@H]2CC(=O)N(c3ccc(F)c(Cl)c3)C2)n1. The number of aryl methyl sites for hydroxylation is 1. The van der Waals surface area contributed by atoms with E-state index in [1.165, 1.54) is 34.4 Å². The first-order chi connectivity index (χ1) is 10.9. The molecular formula is C15H13ClFN3O2S. The average molecular weight is 354 g/mol. The van der Waals surface area contributed by atoms with Crippen LogP contribution in [0.25, 0.3) is 0 Å². The maximum absolute atomic E-state index is 13.2. The van der Waals surface area contributed by atoms with Gasteiger partial charge in [0, 0.05) is 24.0 Å². The van der Waals surface area contributed by atoms with Crippen LogP contribution in [0, 0.1) is 18.7 Å². The lowest BCUT2D eigenvalue weighted by Crippen LogP contribution is -2.28. The maximum Gasteiger partial charge on any atom is 0.231 e. The summed E-state index contributed by atoms with van der Waals surface area (Å²) in [5, 5.41) is 5.02. The van der Waals surface area contributed by atoms with Gasteiger partial charge in [-0.15, -0.1) is 11.3 Å². The smallest absolute Gasteiger partial charge is 0.231 e. The highest BCUT2D eigenvalue weighted by molar-refractivity contribution is 7.13. The Labute approximate surface area is 141 Å². The van der Waals surface area contributed by atoms with E-state index >= 15 is 0 Å². The molecule has 1 saturated heterocycles. The summed E-state index contributed by atoms with van der Waals surface area (Å²) in [5.74, 6) is -1.46. The van der Waals surface area contributed by atoms with Crippen molar-refractivity contribution in [1.29, 1.82) is 0 Å². The Morgan fingerprint density at radius 3 is 2.96 bits per heavy atom. The van der Waals surface area contributed by atoms with Crippen molar-refractivity contribution in [2.24, 2.45) is 5.92 Å². The molecule has 0 unspecified atom stereocenters. The molecule has 0 saturated carbocycles. The molecule has 120 valence electrons. The minimum Gasteiger partial charge on any atom is -0.312 e. The summed E-state index contributed by atoms with van der Waals surface area (Å²) in [7, 11) is 0. The molecule has 0 aliphatic carbocycles. The normalized spacial score (nSPS) is 17.6. The van der Waals surface area contributed by atoms with Crippen LogP contribution in [0.15, 0.2) is 23.6 Å². The number of anilines is 2. The van der Waals surface area contributed by atoms with E-state index in [4.69, 9.17) is 11.6 Å². The number of hydrogen-bond acceptors (Lipinski definition) is 4. The average Bonchev–Trinajstić information content (AvgIpc) is 3.08. The van der Waals surface area contributed by atoms with E-state index in [0.29, 0.717) is 10.8 Å². The number of amides is 2. The Balaban J connectivity index is 1.71. The predicted molar refractivity (Wildman–Crippen MR) is 87.4 cm³/mol. The zero-order valence-electron chi connectivity index (χ0n) is 12.2. The third-order valence-electron chi connectivity index (χ3n) is 3.56. The van der Waals surface area contributed by atoms with Crippen LogP contribution in [0.2, 0.25) is 5.02 Å². The van der Waals surface area contributed by atoms with Gasteiger partial charge in [0.25, 0.3) is 0 Å². The molecule has 0 spiro atoms. The van der Waals surface area contributed by atoms with E-state index in [2.05, 4.69) is 10.3 Å². The van der Waals surface area contributed by atoms with E-state index < -0.39 is 11.7 Å². The third kappa shape index (κ3) is 3.35. The first-order valence-electron chi connectivity index (χ1n) is 6.92. The van der Waals surface area contributed by atoms with Gasteiger partial charge in [0.2, 0.25) is 11.8 Å². The van der Waals surface area contributed by atoms with Crippen molar-refractivity contribution in [3.63, 3.8) is 0 Å². The number of thiazole rings is 1. The molecule has 1 aliphatic rings. The molecule has 1 aromatic carbocycles. The molecule has 0 radical (unpaired) electrons. The van der Waals surface area contributed by atoms with Gasteiger partial charge in [-0.2, -0.15) is 0 Å². The molecule has 1 N–H and O–H groups in total. The molecule has 5 nitrogen and oxygen atoms in total. The zero-order valence-corrected chi connectivity index (χ0v) is 13.7. The highest BCUT2D eigenvalue weighted by atomic mass is 35.5. The monoisotopic (exact) mass is 353 g/mol. The second-order valence-corrected chi connectivity index (χ2v) is 6.55. The molecule has 1 aromatic heterocycles. The molecule has 2 amide bonds. The molecule has 8 heteroatoms. The van der Waals surface area contributed by atoms with E-state index in [0.717, 1.165) is 5.69 Å². The second kappa shape index (κ2) is 6.25. The molecule has 2 aromatic rings. The van der Waals surface area contributed by atoms with Gasteiger partial charge >= 0.3 is 0 Å². The minimum absolute atomic E-state index is 0.0542. The van der Waals surface area contributed by atoms with E-state index in [1.54, 1.807) is 0 Å². The fourth-order valence-electron chi connectivity index (χ4n) is 2.40. The molecule has 1 aliphatic heterocycles. The fourth-order valence-corrected chi connectivity index (χ4v) is 3.27. The number of carbonyl (C=O) groups is 2. The van der Waals surface area contributed by atoms with Crippen LogP contribution < -0.4 is 10.2 Å². The van der Waals surface area contributed by atoms with Crippen molar-refractivity contribution in [3.8, 4) is 0 Å². The standard InChI is InChI=1S/C15H13ClFN3O2S/c1-8-7-23-15(18-8)19-14(22)9-4-13(21)20(6-9)10-2-3-12(17)11(16)5-10/h2-3,5,7,9H,4,6H2,1H3,(H,18,19,22)/t9-/m1/s1. The van der Waals surface area contributed by atoms with Gasteiger partial charge in [0.1, 0.15) is 5.82 Å². The summed E-state index contributed by atoms with van der Waals surface area (Å²) in [6.07, 6.45) is 0.102. The summed E-state index contributed by atoms with van der Waals surface area (Å²) in [6.45, 7) is 2.07. The van der Waals surface area contributed by atoms with Crippen molar-refractivity contribution < 1.29 is 14.0 Å². The zero-order chi connectivity index (χ0) is 16.6. The maximum atomic E-state index is 13.2. The number of nitrogens with zero attached hydrogens (tertiary/aromatic N) is 2. The van der Waals surface area contributed by atoms with Crippen LogP contribution in [0.1, 0.15) is 12.1 Å². The Bertz CT molecular complexity index is 780. The minimum atomic E-state index is -0.546. The van der Waals surface area contributed by atoms with Gasteiger partial charge in [-0.05, 0) is 25.1 Å². The van der Waals surface area contributed by atoms with Crippen LogP contribution in [0.5, 0.6) is 0 Å². The molecule has 1 atom stereocenters. The quantitative estimate of drug-likeness (QED) is 0.921. The van der Waals surface area contributed by atoms with Crippen molar-refractivity contribution in [3.05, 3.63) is 40.1 Å². The van der Waals surface area contributed by atoms with Crippen LogP contribution in [-0.4, -0.2) is 23.3 Å². The number of benzene rings is 1. The number of hydrogen-bond donors (Lipinski definition) is 1. The van der Waals surface area contributed by atoms with Gasteiger partial charge in [0.15, 0.2) is 5.13 Å². The van der Waals surface area contributed by atoms with E-state index in [-0.39, 0.29) is 29.8 Å². The van der Waals surface area contributed by atoms with Crippen molar-refractivity contribution in [1.82, 2.24) is 4.98 Å². The molecule has 2 heterocycles. The highest BCUT2D eigenvalue weighted by Gasteiger charge is 2.35. The first-order valence-corrected chi connectivity index (χ1v) is 8.18. The van der Waals surface area contributed by atoms with Gasteiger partial charge in [0.05, 0.1) is 16.6 Å². The van der Waals surface area contributed by atoms with Gasteiger partial charge < -0.3 is 10.2 Å². The second-order valence-electron chi connectivity index (χ2n) is 5.29. The lowest BCUT2D eigenvalue weighted by Gasteiger charge is -2.17. The molecule has 23 heavy (non-hydrogen) atoms. The summed E-state index contributed by atoms with van der Waals surface area (Å²) >= 11 is 7.09. The highest BCUT2D eigenvalue weighted by Crippen LogP contribution is 2.29.